The van der Waals surface area contributed by atoms with Crippen LogP contribution in [0.3, 0.4) is 0 Å². The zero-order valence-electron chi connectivity index (χ0n) is 14.4. The van der Waals surface area contributed by atoms with Gasteiger partial charge in [-0.05, 0) is 31.0 Å². The second-order valence-electron chi connectivity index (χ2n) is 6.85. The monoisotopic (exact) mass is 337 g/mol. The van der Waals surface area contributed by atoms with Gasteiger partial charge in [-0.1, -0.05) is 18.2 Å². The van der Waals surface area contributed by atoms with Gasteiger partial charge in [0.15, 0.2) is 0 Å². The third-order valence-electron chi connectivity index (χ3n) is 5.17. The van der Waals surface area contributed by atoms with Crippen LogP contribution in [-0.2, 0) is 13.0 Å². The number of aryl methyl sites for hydroxylation is 1. The van der Waals surface area contributed by atoms with Crippen molar-refractivity contribution in [3.63, 3.8) is 0 Å². The quantitative estimate of drug-likeness (QED) is 0.767. The van der Waals surface area contributed by atoms with Gasteiger partial charge in [-0.15, -0.1) is 10.2 Å². The Labute approximate surface area is 147 Å². The van der Waals surface area contributed by atoms with Crippen LogP contribution >= 0.6 is 0 Å². The average molecular weight is 337 g/mol. The molecule has 6 nitrogen and oxygen atoms in total. The largest absolute Gasteiger partial charge is 0.391 e. The SMILES string of the molecule is Cc1nncn1CCN1C[C@@H](Cc2ccnc3ccccc23)[C@@H](O)C1. The number of nitrogens with zero attached hydrogens (tertiary/aromatic N) is 5. The summed E-state index contributed by atoms with van der Waals surface area (Å²) < 4.78 is 2.05. The summed E-state index contributed by atoms with van der Waals surface area (Å²) in [7, 11) is 0. The van der Waals surface area contributed by atoms with E-state index in [4.69, 9.17) is 0 Å². The Morgan fingerprint density at radius 3 is 2.88 bits per heavy atom. The second-order valence-corrected chi connectivity index (χ2v) is 6.85. The fraction of sp³-hybridized carbons (Fsp3) is 0.421. The molecule has 3 heterocycles. The van der Waals surface area contributed by atoms with Gasteiger partial charge < -0.3 is 9.67 Å². The summed E-state index contributed by atoms with van der Waals surface area (Å²) in [5.41, 5.74) is 2.29. The summed E-state index contributed by atoms with van der Waals surface area (Å²) in [6.45, 7) is 5.37. The lowest BCUT2D eigenvalue weighted by Crippen LogP contribution is -2.26. The Bertz CT molecular complexity index is 856. The Balaban J connectivity index is 1.42. The highest BCUT2D eigenvalue weighted by Crippen LogP contribution is 2.25. The van der Waals surface area contributed by atoms with Gasteiger partial charge >= 0.3 is 0 Å². The average Bonchev–Trinajstić information content (AvgIpc) is 3.19. The maximum atomic E-state index is 10.5. The minimum Gasteiger partial charge on any atom is -0.391 e. The molecule has 1 aliphatic rings. The van der Waals surface area contributed by atoms with Crippen molar-refractivity contribution < 1.29 is 5.11 Å². The van der Waals surface area contributed by atoms with Crippen molar-refractivity contribution >= 4 is 10.9 Å². The molecule has 2 atom stereocenters. The molecule has 1 saturated heterocycles. The summed E-state index contributed by atoms with van der Waals surface area (Å²) in [5, 5.41) is 19.6. The highest BCUT2D eigenvalue weighted by atomic mass is 16.3. The third-order valence-corrected chi connectivity index (χ3v) is 5.17. The fourth-order valence-corrected chi connectivity index (χ4v) is 3.72. The van der Waals surface area contributed by atoms with Gasteiger partial charge in [-0.3, -0.25) is 9.88 Å². The Morgan fingerprint density at radius 2 is 2.04 bits per heavy atom. The molecule has 130 valence electrons. The molecular formula is C19H23N5O. The van der Waals surface area contributed by atoms with Gasteiger partial charge in [-0.2, -0.15) is 0 Å². The van der Waals surface area contributed by atoms with Crippen molar-refractivity contribution in [2.24, 2.45) is 5.92 Å². The number of hydrogen-bond acceptors (Lipinski definition) is 5. The minimum absolute atomic E-state index is 0.257. The van der Waals surface area contributed by atoms with Gasteiger partial charge in [0.25, 0.3) is 0 Å². The minimum atomic E-state index is -0.283. The number of aliphatic hydroxyl groups excluding tert-OH is 1. The van der Waals surface area contributed by atoms with Crippen LogP contribution in [0.25, 0.3) is 10.9 Å². The number of likely N-dealkylation sites (tertiary alicyclic amines) is 1. The first-order chi connectivity index (χ1) is 12.2. The van der Waals surface area contributed by atoms with Crippen molar-refractivity contribution in [2.75, 3.05) is 19.6 Å². The molecule has 0 saturated carbocycles. The molecule has 0 aliphatic carbocycles. The summed E-state index contributed by atoms with van der Waals surface area (Å²) in [5.74, 6) is 1.19. The van der Waals surface area contributed by atoms with Crippen LogP contribution in [0.1, 0.15) is 11.4 Å². The normalized spacial score (nSPS) is 21.2. The Kier molecular flexibility index (Phi) is 4.46. The van der Waals surface area contributed by atoms with E-state index in [0.717, 1.165) is 43.9 Å². The maximum Gasteiger partial charge on any atom is 0.129 e. The first-order valence-electron chi connectivity index (χ1n) is 8.78. The molecule has 0 spiro atoms. The van der Waals surface area contributed by atoms with E-state index < -0.39 is 0 Å². The second kappa shape index (κ2) is 6.90. The van der Waals surface area contributed by atoms with Crippen LogP contribution in [-0.4, -0.2) is 55.5 Å². The van der Waals surface area contributed by atoms with E-state index in [0.29, 0.717) is 0 Å². The van der Waals surface area contributed by atoms with Gasteiger partial charge in [0, 0.05) is 43.7 Å². The first-order valence-corrected chi connectivity index (χ1v) is 8.78. The third kappa shape index (κ3) is 3.41. The number of pyridine rings is 1. The molecule has 0 bridgehead atoms. The van der Waals surface area contributed by atoms with Crippen molar-refractivity contribution in [1.82, 2.24) is 24.6 Å². The lowest BCUT2D eigenvalue weighted by atomic mass is 9.94. The van der Waals surface area contributed by atoms with E-state index in [1.807, 2.05) is 31.3 Å². The molecule has 2 aromatic heterocycles. The number of β-amino-alcohol motifs (C(OH)–C–C–N with tert-alkyl or cyclic N) is 1. The molecule has 3 aromatic rings. The fourth-order valence-electron chi connectivity index (χ4n) is 3.72. The number of benzene rings is 1. The van der Waals surface area contributed by atoms with Crippen LogP contribution < -0.4 is 0 Å². The lowest BCUT2D eigenvalue weighted by Gasteiger charge is -2.16. The summed E-state index contributed by atoms with van der Waals surface area (Å²) in [4.78, 5) is 6.76. The molecule has 1 aliphatic heterocycles. The predicted molar refractivity (Wildman–Crippen MR) is 96.1 cm³/mol. The Hall–Kier alpha value is -2.31. The first kappa shape index (κ1) is 16.2. The molecule has 0 radical (unpaired) electrons. The van der Waals surface area contributed by atoms with Crippen LogP contribution in [0.4, 0.5) is 0 Å². The van der Waals surface area contributed by atoms with E-state index in [1.54, 1.807) is 6.33 Å². The van der Waals surface area contributed by atoms with Crippen molar-refractivity contribution in [2.45, 2.75) is 26.0 Å². The molecule has 0 amide bonds. The molecule has 6 heteroatoms. The number of hydrogen-bond donors (Lipinski definition) is 1. The topological polar surface area (TPSA) is 67.1 Å². The van der Waals surface area contributed by atoms with E-state index in [2.05, 4.69) is 36.8 Å². The van der Waals surface area contributed by atoms with Crippen molar-refractivity contribution in [3.8, 4) is 0 Å². The lowest BCUT2D eigenvalue weighted by molar-refractivity contribution is 0.141. The smallest absolute Gasteiger partial charge is 0.129 e. The summed E-state index contributed by atoms with van der Waals surface area (Å²) in [6.07, 6.45) is 4.23. The van der Waals surface area contributed by atoms with Crippen LogP contribution in [0.5, 0.6) is 0 Å². The van der Waals surface area contributed by atoms with Crippen molar-refractivity contribution in [1.29, 1.82) is 0 Å². The van der Waals surface area contributed by atoms with Gasteiger partial charge in [0.1, 0.15) is 12.2 Å². The molecule has 1 N–H and O–H groups in total. The standard InChI is InChI=1S/C19H23N5O/c1-14-22-21-13-24(14)9-8-23-11-16(19(25)12-23)10-15-6-7-20-18-5-3-2-4-17(15)18/h2-7,13,16,19,25H,8-12H2,1H3/t16-,19+/m1/s1. The zero-order valence-corrected chi connectivity index (χ0v) is 14.4. The molecule has 25 heavy (non-hydrogen) atoms. The molecule has 1 fully saturated rings. The summed E-state index contributed by atoms with van der Waals surface area (Å²) >= 11 is 0. The molecule has 4 rings (SSSR count). The van der Waals surface area contributed by atoms with E-state index in [1.165, 1.54) is 10.9 Å². The highest BCUT2D eigenvalue weighted by molar-refractivity contribution is 5.81. The van der Waals surface area contributed by atoms with Gasteiger partial charge in [-0.25, -0.2) is 0 Å². The summed E-state index contributed by atoms with van der Waals surface area (Å²) in [6, 6.07) is 10.3. The van der Waals surface area contributed by atoms with E-state index in [-0.39, 0.29) is 12.0 Å². The number of aliphatic hydroxyl groups is 1. The number of rotatable bonds is 5. The van der Waals surface area contributed by atoms with Crippen LogP contribution in [0.2, 0.25) is 0 Å². The maximum absolute atomic E-state index is 10.5. The highest BCUT2D eigenvalue weighted by Gasteiger charge is 2.31. The molecule has 0 unspecified atom stereocenters. The van der Waals surface area contributed by atoms with Crippen LogP contribution in [0.15, 0.2) is 42.9 Å². The predicted octanol–water partition coefficient (Wildman–Crippen LogP) is 1.67. The zero-order chi connectivity index (χ0) is 17.2. The molecular weight excluding hydrogens is 314 g/mol. The van der Waals surface area contributed by atoms with Crippen molar-refractivity contribution in [3.05, 3.63) is 54.2 Å². The van der Waals surface area contributed by atoms with Gasteiger partial charge in [0.2, 0.25) is 0 Å². The van der Waals surface area contributed by atoms with E-state index in [9.17, 15) is 5.11 Å². The molecule has 1 aromatic carbocycles. The number of aromatic nitrogens is 4. The van der Waals surface area contributed by atoms with Gasteiger partial charge in [0.05, 0.1) is 11.6 Å². The number of fused-ring (bicyclic) bond motifs is 1. The Morgan fingerprint density at radius 1 is 1.16 bits per heavy atom. The number of para-hydroxylation sites is 1. The van der Waals surface area contributed by atoms with Crippen LogP contribution in [0, 0.1) is 12.8 Å². The van der Waals surface area contributed by atoms with E-state index >= 15 is 0 Å².